The van der Waals surface area contributed by atoms with Gasteiger partial charge in [0.25, 0.3) is 5.69 Å². The number of hydrogen-bond acceptors (Lipinski definition) is 5. The van der Waals surface area contributed by atoms with E-state index in [1.165, 1.54) is 31.4 Å². The van der Waals surface area contributed by atoms with Crippen LogP contribution in [0.2, 0.25) is 0 Å². The second-order valence-electron chi connectivity index (χ2n) is 5.40. The van der Waals surface area contributed by atoms with Crippen LogP contribution in [0.25, 0.3) is 0 Å². The Morgan fingerprint density at radius 1 is 1.45 bits per heavy atom. The van der Waals surface area contributed by atoms with Gasteiger partial charge in [-0.25, -0.2) is 4.98 Å². The van der Waals surface area contributed by atoms with E-state index in [4.69, 9.17) is 0 Å². The summed E-state index contributed by atoms with van der Waals surface area (Å²) in [4.78, 5) is 15.0. The molecule has 0 radical (unpaired) electrons. The molecule has 1 aliphatic carbocycles. The summed E-state index contributed by atoms with van der Waals surface area (Å²) in [5.41, 5.74) is 0.0712. The third-order valence-corrected chi connectivity index (χ3v) is 3.81. The van der Waals surface area contributed by atoms with E-state index < -0.39 is 0 Å². The molecule has 1 fully saturated rings. The maximum Gasteiger partial charge on any atom is 0.276 e. The second kappa shape index (κ2) is 6.54. The van der Waals surface area contributed by atoms with E-state index in [1.807, 2.05) is 6.92 Å². The van der Waals surface area contributed by atoms with Crippen molar-refractivity contribution in [2.45, 2.75) is 45.6 Å². The number of nitrogens with one attached hydrogen (secondary N) is 2. The van der Waals surface area contributed by atoms with Gasteiger partial charge in [0.05, 0.1) is 17.1 Å². The molecule has 1 saturated carbocycles. The highest BCUT2D eigenvalue weighted by atomic mass is 16.6. The van der Waals surface area contributed by atoms with E-state index in [0.29, 0.717) is 23.6 Å². The lowest BCUT2D eigenvalue weighted by molar-refractivity contribution is -0.384. The van der Waals surface area contributed by atoms with Gasteiger partial charge in [-0.3, -0.25) is 10.1 Å². The summed E-state index contributed by atoms with van der Waals surface area (Å²) in [5.74, 6) is 1.80. The Labute approximate surface area is 119 Å². The van der Waals surface area contributed by atoms with Gasteiger partial charge in [0.1, 0.15) is 11.6 Å². The summed E-state index contributed by atoms with van der Waals surface area (Å²) in [6, 6.07) is 3.29. The zero-order valence-corrected chi connectivity index (χ0v) is 12.1. The zero-order valence-electron chi connectivity index (χ0n) is 12.1. The van der Waals surface area contributed by atoms with Crippen molar-refractivity contribution in [3.8, 4) is 0 Å². The lowest BCUT2D eigenvalue weighted by atomic mass is 9.80. The molecule has 1 unspecified atom stereocenters. The molecule has 0 saturated heterocycles. The van der Waals surface area contributed by atoms with Gasteiger partial charge in [0.2, 0.25) is 0 Å². The largest absolute Gasteiger partial charge is 0.370 e. The first-order valence-electron chi connectivity index (χ1n) is 7.27. The predicted octanol–water partition coefficient (Wildman–Crippen LogP) is 3.41. The van der Waals surface area contributed by atoms with E-state index in [2.05, 4.69) is 22.5 Å². The Balaban J connectivity index is 2.12. The maximum atomic E-state index is 11.0. The van der Waals surface area contributed by atoms with Crippen molar-refractivity contribution in [2.75, 3.05) is 17.2 Å². The molecule has 1 aromatic rings. The Hall–Kier alpha value is -1.85. The van der Waals surface area contributed by atoms with Crippen LogP contribution in [-0.2, 0) is 0 Å². The molecule has 1 heterocycles. The van der Waals surface area contributed by atoms with Crippen molar-refractivity contribution < 1.29 is 4.92 Å². The van der Waals surface area contributed by atoms with Crippen LogP contribution in [-0.4, -0.2) is 22.5 Å². The van der Waals surface area contributed by atoms with Crippen LogP contribution in [0.3, 0.4) is 0 Å². The fourth-order valence-electron chi connectivity index (χ4n) is 2.33. The molecule has 2 rings (SSSR count). The number of nitro groups is 1. The van der Waals surface area contributed by atoms with E-state index in [-0.39, 0.29) is 10.6 Å². The molecule has 6 nitrogen and oxygen atoms in total. The molecule has 0 aliphatic heterocycles. The monoisotopic (exact) mass is 278 g/mol. The van der Waals surface area contributed by atoms with Crippen LogP contribution in [0.15, 0.2) is 12.1 Å². The predicted molar refractivity (Wildman–Crippen MR) is 80.1 cm³/mol. The fraction of sp³-hybridized carbons (Fsp3) is 0.643. The molecule has 20 heavy (non-hydrogen) atoms. The molecule has 2 N–H and O–H groups in total. The fourth-order valence-corrected chi connectivity index (χ4v) is 2.33. The molecule has 0 aromatic carbocycles. The molecule has 0 spiro atoms. The van der Waals surface area contributed by atoms with Crippen molar-refractivity contribution >= 4 is 17.3 Å². The minimum atomic E-state index is -0.377. The molecule has 0 amide bonds. The SMILES string of the molecule is CCCNc1cc([N+](=O)[O-])cc(NC(C)C2CCC2)n1. The Morgan fingerprint density at radius 3 is 2.70 bits per heavy atom. The first kappa shape index (κ1) is 14.6. The summed E-state index contributed by atoms with van der Waals surface area (Å²) in [6.45, 7) is 4.91. The highest BCUT2D eigenvalue weighted by molar-refractivity contribution is 5.55. The number of nitrogens with zero attached hydrogens (tertiary/aromatic N) is 2. The molecule has 110 valence electrons. The van der Waals surface area contributed by atoms with E-state index >= 15 is 0 Å². The molecule has 1 aromatic heterocycles. The van der Waals surface area contributed by atoms with Crippen LogP contribution in [0, 0.1) is 16.0 Å². The van der Waals surface area contributed by atoms with Crippen LogP contribution in [0.1, 0.15) is 39.5 Å². The number of aromatic nitrogens is 1. The molecular formula is C14H22N4O2. The first-order valence-corrected chi connectivity index (χ1v) is 7.27. The van der Waals surface area contributed by atoms with Crippen molar-refractivity contribution in [3.05, 3.63) is 22.2 Å². The lowest BCUT2D eigenvalue weighted by Gasteiger charge is -2.32. The Bertz CT molecular complexity index is 474. The summed E-state index contributed by atoms with van der Waals surface area (Å²) in [6.07, 6.45) is 4.68. The van der Waals surface area contributed by atoms with Gasteiger partial charge in [-0.2, -0.15) is 0 Å². The van der Waals surface area contributed by atoms with Crippen molar-refractivity contribution in [1.29, 1.82) is 0 Å². The second-order valence-corrected chi connectivity index (χ2v) is 5.40. The molecule has 6 heteroatoms. The first-order chi connectivity index (χ1) is 9.60. The average molecular weight is 278 g/mol. The standard InChI is InChI=1S/C14H22N4O2/c1-3-7-15-13-8-12(18(19)20)9-14(17-13)16-10(2)11-5-4-6-11/h8-11H,3-7H2,1-2H3,(H2,15,16,17). The van der Waals surface area contributed by atoms with Crippen LogP contribution in [0.5, 0.6) is 0 Å². The van der Waals surface area contributed by atoms with Gasteiger partial charge >= 0.3 is 0 Å². The molecule has 1 atom stereocenters. The van der Waals surface area contributed by atoms with Gasteiger partial charge in [0.15, 0.2) is 0 Å². The number of anilines is 2. The summed E-state index contributed by atoms with van der Waals surface area (Å²) in [5, 5.41) is 17.4. The number of pyridine rings is 1. The smallest absolute Gasteiger partial charge is 0.276 e. The normalized spacial score (nSPS) is 16.3. The van der Waals surface area contributed by atoms with E-state index in [1.54, 1.807) is 0 Å². The zero-order chi connectivity index (χ0) is 14.5. The summed E-state index contributed by atoms with van der Waals surface area (Å²) < 4.78 is 0. The Kier molecular flexibility index (Phi) is 4.76. The van der Waals surface area contributed by atoms with Gasteiger partial charge in [-0.1, -0.05) is 13.3 Å². The van der Waals surface area contributed by atoms with Crippen molar-refractivity contribution in [3.63, 3.8) is 0 Å². The van der Waals surface area contributed by atoms with Gasteiger partial charge < -0.3 is 10.6 Å². The molecule has 0 bridgehead atoms. The van der Waals surface area contributed by atoms with Gasteiger partial charge in [-0.15, -0.1) is 0 Å². The third-order valence-electron chi connectivity index (χ3n) is 3.81. The van der Waals surface area contributed by atoms with Gasteiger partial charge in [-0.05, 0) is 32.1 Å². The van der Waals surface area contributed by atoms with Crippen molar-refractivity contribution in [2.24, 2.45) is 5.92 Å². The van der Waals surface area contributed by atoms with E-state index in [0.717, 1.165) is 13.0 Å². The minimum Gasteiger partial charge on any atom is -0.370 e. The summed E-state index contributed by atoms with van der Waals surface area (Å²) >= 11 is 0. The van der Waals surface area contributed by atoms with Crippen LogP contribution < -0.4 is 10.6 Å². The lowest BCUT2D eigenvalue weighted by Crippen LogP contribution is -2.31. The quantitative estimate of drug-likeness (QED) is 0.590. The third kappa shape index (κ3) is 3.59. The summed E-state index contributed by atoms with van der Waals surface area (Å²) in [7, 11) is 0. The molecular weight excluding hydrogens is 256 g/mol. The van der Waals surface area contributed by atoms with Gasteiger partial charge in [0, 0.05) is 12.6 Å². The highest BCUT2D eigenvalue weighted by Crippen LogP contribution is 2.31. The van der Waals surface area contributed by atoms with Crippen LogP contribution in [0.4, 0.5) is 17.3 Å². The number of hydrogen-bond donors (Lipinski definition) is 2. The molecule has 1 aliphatic rings. The maximum absolute atomic E-state index is 11.0. The topological polar surface area (TPSA) is 80.1 Å². The number of rotatable bonds is 7. The van der Waals surface area contributed by atoms with E-state index in [9.17, 15) is 10.1 Å². The highest BCUT2D eigenvalue weighted by Gasteiger charge is 2.24. The Morgan fingerprint density at radius 2 is 2.15 bits per heavy atom. The minimum absolute atomic E-state index is 0.0712. The average Bonchev–Trinajstić information content (AvgIpc) is 2.33. The van der Waals surface area contributed by atoms with Crippen LogP contribution >= 0.6 is 0 Å². The van der Waals surface area contributed by atoms with Crippen molar-refractivity contribution in [1.82, 2.24) is 4.98 Å².